The van der Waals surface area contributed by atoms with Crippen LogP contribution in [-0.4, -0.2) is 22.8 Å². The van der Waals surface area contributed by atoms with Crippen LogP contribution in [0.25, 0.3) is 10.9 Å². The van der Waals surface area contributed by atoms with Crippen LogP contribution in [0.1, 0.15) is 50.7 Å². The zero-order valence-electron chi connectivity index (χ0n) is 18.0. The highest BCUT2D eigenvalue weighted by Crippen LogP contribution is 2.41. The largest absolute Gasteiger partial charge is 0.490 e. The van der Waals surface area contributed by atoms with Gasteiger partial charge in [0.1, 0.15) is 11.4 Å². The van der Waals surface area contributed by atoms with Crippen molar-refractivity contribution in [2.45, 2.75) is 57.4 Å². The number of benzene rings is 2. The van der Waals surface area contributed by atoms with Crippen molar-refractivity contribution in [2.24, 2.45) is 0 Å². The van der Waals surface area contributed by atoms with Crippen LogP contribution in [0, 0.1) is 0 Å². The van der Waals surface area contributed by atoms with E-state index in [0.717, 1.165) is 41.4 Å². The van der Waals surface area contributed by atoms with E-state index in [2.05, 4.69) is 10.3 Å². The molecule has 0 radical (unpaired) electrons. The van der Waals surface area contributed by atoms with Crippen molar-refractivity contribution < 1.29 is 27.4 Å². The average molecular weight is 446 g/mol. The number of carbonyl (C=O) groups excluding carboxylic acids is 1. The molecular weight excluding hydrogens is 421 g/mol. The lowest BCUT2D eigenvalue weighted by Crippen LogP contribution is -2.32. The molecule has 1 fully saturated rings. The lowest BCUT2D eigenvalue weighted by Gasteiger charge is -2.35. The number of ether oxygens (including phenoxy) is 2. The Kier molecular flexibility index (Phi) is 5.56. The molecule has 0 bridgehead atoms. The molecule has 2 aromatic carbocycles. The molecule has 1 heterocycles. The first-order chi connectivity index (χ1) is 15.0. The van der Waals surface area contributed by atoms with Crippen LogP contribution < -0.4 is 10.1 Å². The molecule has 2 N–H and O–H groups in total. The zero-order valence-corrected chi connectivity index (χ0v) is 18.0. The molecule has 4 rings (SSSR count). The predicted octanol–water partition coefficient (Wildman–Crippen LogP) is 6.86. The summed E-state index contributed by atoms with van der Waals surface area (Å²) in [7, 11) is 0. The number of amides is 1. The predicted molar refractivity (Wildman–Crippen MR) is 116 cm³/mol. The third kappa shape index (κ3) is 5.00. The van der Waals surface area contributed by atoms with Gasteiger partial charge in [-0.2, -0.15) is 13.2 Å². The first-order valence-corrected chi connectivity index (χ1v) is 10.4. The molecule has 1 saturated carbocycles. The Balaban J connectivity index is 1.38. The van der Waals surface area contributed by atoms with Crippen molar-refractivity contribution in [3.63, 3.8) is 0 Å². The smallest absolute Gasteiger partial charge is 0.416 e. The summed E-state index contributed by atoms with van der Waals surface area (Å²) in [5.41, 5.74) is 1.39. The van der Waals surface area contributed by atoms with E-state index in [1.807, 2.05) is 18.2 Å². The molecule has 0 saturated heterocycles. The second-order valence-electron chi connectivity index (χ2n) is 9.06. The van der Waals surface area contributed by atoms with E-state index >= 15 is 0 Å². The third-order valence-corrected chi connectivity index (χ3v) is 5.39. The van der Waals surface area contributed by atoms with Gasteiger partial charge < -0.3 is 14.5 Å². The van der Waals surface area contributed by atoms with Crippen LogP contribution in [0.3, 0.4) is 0 Å². The molecule has 0 aliphatic heterocycles. The topological polar surface area (TPSA) is 63.3 Å². The Morgan fingerprint density at radius 3 is 2.38 bits per heavy atom. The minimum atomic E-state index is -4.35. The highest BCUT2D eigenvalue weighted by atomic mass is 19.4. The second kappa shape index (κ2) is 8.07. The number of H-pyrrole nitrogens is 1. The lowest BCUT2D eigenvalue weighted by molar-refractivity contribution is -0.137. The van der Waals surface area contributed by atoms with Gasteiger partial charge in [-0.25, -0.2) is 4.79 Å². The number of rotatable bonds is 4. The van der Waals surface area contributed by atoms with Crippen LogP contribution in [0.2, 0.25) is 0 Å². The van der Waals surface area contributed by atoms with E-state index in [0.29, 0.717) is 11.4 Å². The number of alkyl halides is 3. The van der Waals surface area contributed by atoms with Crippen molar-refractivity contribution in [3.8, 4) is 5.75 Å². The second-order valence-corrected chi connectivity index (χ2v) is 9.06. The van der Waals surface area contributed by atoms with E-state index in [-0.39, 0.29) is 12.0 Å². The number of fused-ring (bicyclic) bond motifs is 1. The number of anilines is 1. The number of carbonyl (C=O) groups is 1. The van der Waals surface area contributed by atoms with Crippen molar-refractivity contribution in [1.29, 1.82) is 0 Å². The highest BCUT2D eigenvalue weighted by Gasteiger charge is 2.33. The fraction of sp³-hybridized carbons (Fsp3) is 0.375. The number of aromatic nitrogens is 1. The highest BCUT2D eigenvalue weighted by molar-refractivity contribution is 5.99. The zero-order chi connectivity index (χ0) is 23.1. The maximum absolute atomic E-state index is 12.7. The number of hydrogen-bond acceptors (Lipinski definition) is 3. The molecule has 1 aliphatic carbocycles. The Morgan fingerprint density at radius 2 is 1.75 bits per heavy atom. The standard InChI is InChI=1S/C24H25F3N2O3/c1-23(2,3)32-22(30)29-21-13-28-20-9-4-14(12-19(20)21)15-10-18(11-15)31-17-7-5-16(6-8-17)24(25,26)27/h4-9,12-13,15,18,28H,10-11H2,1-3H3,(H,29,30)/t15-,18-. The van der Waals surface area contributed by atoms with E-state index in [4.69, 9.17) is 9.47 Å². The van der Waals surface area contributed by atoms with E-state index < -0.39 is 23.4 Å². The Bertz CT molecular complexity index is 1110. The van der Waals surface area contributed by atoms with Gasteiger partial charge in [0, 0.05) is 17.1 Å². The van der Waals surface area contributed by atoms with Crippen LogP contribution >= 0.6 is 0 Å². The van der Waals surface area contributed by atoms with Crippen molar-refractivity contribution in [1.82, 2.24) is 4.98 Å². The van der Waals surface area contributed by atoms with Gasteiger partial charge in [0.05, 0.1) is 17.4 Å². The summed E-state index contributed by atoms with van der Waals surface area (Å²) in [5, 5.41) is 3.67. The first kappa shape index (κ1) is 22.0. The molecular formula is C24H25F3N2O3. The normalized spacial score (nSPS) is 18.8. The molecule has 0 atom stereocenters. The lowest BCUT2D eigenvalue weighted by atomic mass is 9.77. The van der Waals surface area contributed by atoms with Gasteiger partial charge in [0.2, 0.25) is 0 Å². The van der Waals surface area contributed by atoms with Gasteiger partial charge in [-0.3, -0.25) is 5.32 Å². The Labute approximate surface area is 183 Å². The Morgan fingerprint density at radius 1 is 1.06 bits per heavy atom. The number of hydrogen-bond donors (Lipinski definition) is 2. The van der Waals surface area contributed by atoms with Gasteiger partial charge in [0.25, 0.3) is 0 Å². The number of nitrogens with one attached hydrogen (secondary N) is 2. The minimum Gasteiger partial charge on any atom is -0.490 e. The summed E-state index contributed by atoms with van der Waals surface area (Å²) in [4.78, 5) is 15.3. The summed E-state index contributed by atoms with van der Waals surface area (Å²) in [6.45, 7) is 5.42. The molecule has 1 aromatic heterocycles. The first-order valence-electron chi connectivity index (χ1n) is 10.4. The van der Waals surface area contributed by atoms with Crippen molar-refractivity contribution >= 4 is 22.7 Å². The summed E-state index contributed by atoms with van der Waals surface area (Å²) >= 11 is 0. The summed E-state index contributed by atoms with van der Waals surface area (Å²) in [6, 6.07) is 10.8. The molecule has 32 heavy (non-hydrogen) atoms. The van der Waals surface area contributed by atoms with Crippen LogP contribution in [0.15, 0.2) is 48.7 Å². The van der Waals surface area contributed by atoms with E-state index in [1.165, 1.54) is 12.1 Å². The van der Waals surface area contributed by atoms with Gasteiger partial charge in [-0.1, -0.05) is 6.07 Å². The maximum Gasteiger partial charge on any atom is 0.416 e. The van der Waals surface area contributed by atoms with Crippen LogP contribution in [0.5, 0.6) is 5.75 Å². The Hall–Kier alpha value is -3.16. The fourth-order valence-electron chi connectivity index (χ4n) is 3.76. The van der Waals surface area contributed by atoms with Gasteiger partial charge >= 0.3 is 12.3 Å². The maximum atomic E-state index is 12.7. The summed E-state index contributed by atoms with van der Waals surface area (Å²) in [5.74, 6) is 0.717. The van der Waals surface area contributed by atoms with Gasteiger partial charge in [-0.05, 0) is 81.5 Å². The van der Waals surface area contributed by atoms with Crippen LogP contribution in [-0.2, 0) is 10.9 Å². The fourth-order valence-corrected chi connectivity index (χ4v) is 3.76. The summed E-state index contributed by atoms with van der Waals surface area (Å²) in [6.07, 6.45) is -1.64. The van der Waals surface area contributed by atoms with Crippen LogP contribution in [0.4, 0.5) is 23.7 Å². The molecule has 1 amide bonds. The summed E-state index contributed by atoms with van der Waals surface area (Å²) < 4.78 is 49.2. The average Bonchev–Trinajstić information content (AvgIpc) is 3.04. The monoisotopic (exact) mass is 446 g/mol. The van der Waals surface area contributed by atoms with Gasteiger partial charge in [0.15, 0.2) is 0 Å². The molecule has 0 spiro atoms. The molecule has 0 unspecified atom stereocenters. The van der Waals surface area contributed by atoms with Gasteiger partial charge in [-0.15, -0.1) is 0 Å². The quantitative estimate of drug-likeness (QED) is 0.460. The van der Waals surface area contributed by atoms with Crippen molar-refractivity contribution in [3.05, 3.63) is 59.8 Å². The van der Waals surface area contributed by atoms with Crippen molar-refractivity contribution in [2.75, 3.05) is 5.32 Å². The number of aromatic amines is 1. The molecule has 1 aliphatic rings. The van der Waals surface area contributed by atoms with E-state index in [1.54, 1.807) is 27.0 Å². The van der Waals surface area contributed by atoms with E-state index in [9.17, 15) is 18.0 Å². The third-order valence-electron chi connectivity index (χ3n) is 5.39. The minimum absolute atomic E-state index is 0.0435. The SMILES string of the molecule is CC(C)(C)OC(=O)Nc1c[nH]c2ccc([C@H]3C[C@H](Oc4ccc(C(F)(F)F)cc4)C3)cc12. The number of halogens is 3. The molecule has 170 valence electrons. The molecule has 5 nitrogen and oxygen atoms in total. The molecule has 3 aromatic rings. The molecule has 8 heteroatoms.